The van der Waals surface area contributed by atoms with Gasteiger partial charge in [-0.05, 0) is 31.1 Å². The summed E-state index contributed by atoms with van der Waals surface area (Å²) in [6, 6.07) is 0. The van der Waals surface area contributed by atoms with Gasteiger partial charge in [-0.2, -0.15) is 0 Å². The minimum Gasteiger partial charge on any atom is -0.373 e. The fourth-order valence-corrected chi connectivity index (χ4v) is 3.31. The molecule has 2 heterocycles. The number of anilines is 2. The van der Waals surface area contributed by atoms with Crippen molar-refractivity contribution in [2.75, 3.05) is 30.4 Å². The van der Waals surface area contributed by atoms with Crippen LogP contribution in [-0.2, 0) is 6.42 Å². The molecule has 0 unspecified atom stereocenters. The third kappa shape index (κ3) is 2.74. The van der Waals surface area contributed by atoms with E-state index in [0.29, 0.717) is 5.41 Å². The minimum atomic E-state index is 0.480. The lowest BCUT2D eigenvalue weighted by atomic mass is 9.82. The molecule has 2 rings (SSSR count). The Morgan fingerprint density at radius 3 is 2.55 bits per heavy atom. The monoisotopic (exact) mass is 276 g/mol. The summed E-state index contributed by atoms with van der Waals surface area (Å²) in [6.45, 7) is 9.11. The smallest absolute Gasteiger partial charge is 0.137 e. The molecule has 1 aromatic rings. The third-order valence-electron chi connectivity index (χ3n) is 4.90. The van der Waals surface area contributed by atoms with E-state index in [2.05, 4.69) is 41.0 Å². The summed E-state index contributed by atoms with van der Waals surface area (Å²) >= 11 is 0. The molecule has 1 aliphatic heterocycles. The quantitative estimate of drug-likeness (QED) is 0.863. The molecule has 1 aromatic heterocycles. The maximum atomic E-state index is 4.60. The molecular formula is C16H28N4. The highest BCUT2D eigenvalue weighted by molar-refractivity contribution is 5.59. The van der Waals surface area contributed by atoms with Crippen molar-refractivity contribution in [3.05, 3.63) is 11.9 Å². The van der Waals surface area contributed by atoms with Gasteiger partial charge in [0.15, 0.2) is 0 Å². The molecule has 0 atom stereocenters. The Bertz CT molecular complexity index is 440. The molecule has 112 valence electrons. The molecule has 0 spiro atoms. The zero-order chi connectivity index (χ0) is 14.6. The molecule has 0 bridgehead atoms. The zero-order valence-corrected chi connectivity index (χ0v) is 13.4. The molecule has 20 heavy (non-hydrogen) atoms. The van der Waals surface area contributed by atoms with E-state index in [1.54, 1.807) is 6.33 Å². The highest BCUT2D eigenvalue weighted by Gasteiger charge is 2.36. The Morgan fingerprint density at radius 1 is 1.25 bits per heavy atom. The molecule has 0 aromatic carbocycles. The van der Waals surface area contributed by atoms with E-state index in [9.17, 15) is 0 Å². The molecule has 4 heteroatoms. The molecule has 0 saturated carbocycles. The van der Waals surface area contributed by atoms with Crippen molar-refractivity contribution in [2.24, 2.45) is 5.41 Å². The van der Waals surface area contributed by atoms with Crippen LogP contribution in [0.3, 0.4) is 0 Å². The van der Waals surface area contributed by atoms with E-state index in [1.807, 2.05) is 7.05 Å². The lowest BCUT2D eigenvalue weighted by Crippen LogP contribution is -2.28. The van der Waals surface area contributed by atoms with Gasteiger partial charge in [-0.15, -0.1) is 0 Å². The van der Waals surface area contributed by atoms with Crippen molar-refractivity contribution in [1.82, 2.24) is 9.97 Å². The van der Waals surface area contributed by atoms with Crippen LogP contribution in [0.2, 0.25) is 0 Å². The molecule has 0 radical (unpaired) electrons. The van der Waals surface area contributed by atoms with Crippen molar-refractivity contribution < 1.29 is 0 Å². The Kier molecular flexibility index (Phi) is 4.84. The highest BCUT2D eigenvalue weighted by atomic mass is 15.2. The Hall–Kier alpha value is -1.32. The van der Waals surface area contributed by atoms with Gasteiger partial charge >= 0.3 is 0 Å². The Morgan fingerprint density at radius 2 is 2.00 bits per heavy atom. The highest BCUT2D eigenvalue weighted by Crippen LogP contribution is 2.40. The van der Waals surface area contributed by atoms with Crippen LogP contribution in [0.1, 0.15) is 52.0 Å². The SMILES string of the molecule is CCCc1c(NC)ncnc1N1CCC(CC)(CC)C1. The van der Waals surface area contributed by atoms with Gasteiger partial charge in [-0.3, -0.25) is 0 Å². The average molecular weight is 276 g/mol. The molecule has 4 nitrogen and oxygen atoms in total. The predicted octanol–water partition coefficient (Wildman–Crippen LogP) is 3.49. The summed E-state index contributed by atoms with van der Waals surface area (Å²) in [5.74, 6) is 2.14. The zero-order valence-electron chi connectivity index (χ0n) is 13.4. The van der Waals surface area contributed by atoms with Gasteiger partial charge in [0.05, 0.1) is 0 Å². The Balaban J connectivity index is 2.29. The second-order valence-corrected chi connectivity index (χ2v) is 5.90. The van der Waals surface area contributed by atoms with Crippen LogP contribution >= 0.6 is 0 Å². The normalized spacial score (nSPS) is 17.5. The predicted molar refractivity (Wildman–Crippen MR) is 85.4 cm³/mol. The third-order valence-corrected chi connectivity index (χ3v) is 4.90. The van der Waals surface area contributed by atoms with Crippen LogP contribution in [0.4, 0.5) is 11.6 Å². The molecule has 0 aliphatic carbocycles. The summed E-state index contributed by atoms with van der Waals surface area (Å²) in [5.41, 5.74) is 1.76. The van der Waals surface area contributed by atoms with Gasteiger partial charge in [0.25, 0.3) is 0 Å². The topological polar surface area (TPSA) is 41.1 Å². The summed E-state index contributed by atoms with van der Waals surface area (Å²) in [6.07, 6.45) is 7.65. The van der Waals surface area contributed by atoms with Gasteiger partial charge < -0.3 is 10.2 Å². The van der Waals surface area contributed by atoms with Crippen LogP contribution in [0.5, 0.6) is 0 Å². The van der Waals surface area contributed by atoms with Crippen molar-refractivity contribution in [3.63, 3.8) is 0 Å². The maximum absolute atomic E-state index is 4.60. The molecule has 1 aliphatic rings. The largest absolute Gasteiger partial charge is 0.373 e. The number of hydrogen-bond donors (Lipinski definition) is 1. The van der Waals surface area contributed by atoms with E-state index < -0.39 is 0 Å². The van der Waals surface area contributed by atoms with Gasteiger partial charge in [0, 0.05) is 25.7 Å². The first-order chi connectivity index (χ1) is 9.69. The minimum absolute atomic E-state index is 0.480. The number of nitrogens with one attached hydrogen (secondary N) is 1. The maximum Gasteiger partial charge on any atom is 0.137 e. The number of rotatable bonds is 6. The van der Waals surface area contributed by atoms with E-state index in [4.69, 9.17) is 0 Å². The first-order valence-corrected chi connectivity index (χ1v) is 7.96. The Labute approximate surface area is 123 Å². The fourth-order valence-electron chi connectivity index (χ4n) is 3.31. The van der Waals surface area contributed by atoms with Crippen molar-refractivity contribution in [2.45, 2.75) is 52.9 Å². The first-order valence-electron chi connectivity index (χ1n) is 7.96. The van der Waals surface area contributed by atoms with Crippen LogP contribution < -0.4 is 10.2 Å². The second kappa shape index (κ2) is 6.42. The van der Waals surface area contributed by atoms with Gasteiger partial charge in [-0.25, -0.2) is 9.97 Å². The van der Waals surface area contributed by atoms with Gasteiger partial charge in [0.2, 0.25) is 0 Å². The van der Waals surface area contributed by atoms with Crippen LogP contribution in [-0.4, -0.2) is 30.1 Å². The van der Waals surface area contributed by atoms with E-state index in [-0.39, 0.29) is 0 Å². The van der Waals surface area contributed by atoms with E-state index >= 15 is 0 Å². The summed E-state index contributed by atoms with van der Waals surface area (Å²) in [4.78, 5) is 11.4. The molecule has 1 saturated heterocycles. The fraction of sp³-hybridized carbons (Fsp3) is 0.750. The van der Waals surface area contributed by atoms with Crippen molar-refractivity contribution in [1.29, 1.82) is 0 Å². The number of aromatic nitrogens is 2. The molecular weight excluding hydrogens is 248 g/mol. The lowest BCUT2D eigenvalue weighted by molar-refractivity contribution is 0.301. The molecule has 1 fully saturated rings. The summed E-state index contributed by atoms with van der Waals surface area (Å²) < 4.78 is 0. The molecule has 0 amide bonds. The lowest BCUT2D eigenvalue weighted by Gasteiger charge is -2.27. The van der Waals surface area contributed by atoms with Crippen molar-refractivity contribution in [3.8, 4) is 0 Å². The standard InChI is InChI=1S/C16H28N4/c1-5-8-13-14(17-4)18-12-19-15(13)20-10-9-16(6-2,7-3)11-20/h12H,5-11H2,1-4H3,(H,17,18,19). The summed E-state index contributed by atoms with van der Waals surface area (Å²) in [7, 11) is 1.94. The average Bonchev–Trinajstić information content (AvgIpc) is 2.93. The second-order valence-electron chi connectivity index (χ2n) is 5.90. The first kappa shape index (κ1) is 15.1. The molecule has 1 N–H and O–H groups in total. The van der Waals surface area contributed by atoms with E-state index in [1.165, 1.54) is 24.8 Å². The van der Waals surface area contributed by atoms with Crippen LogP contribution in [0, 0.1) is 5.41 Å². The van der Waals surface area contributed by atoms with Gasteiger partial charge in [-0.1, -0.05) is 27.2 Å². The summed E-state index contributed by atoms with van der Waals surface area (Å²) in [5, 5.41) is 3.22. The van der Waals surface area contributed by atoms with Crippen LogP contribution in [0.15, 0.2) is 6.33 Å². The van der Waals surface area contributed by atoms with Crippen molar-refractivity contribution >= 4 is 11.6 Å². The van der Waals surface area contributed by atoms with E-state index in [0.717, 1.165) is 37.6 Å². The van der Waals surface area contributed by atoms with Gasteiger partial charge in [0.1, 0.15) is 18.0 Å². The van der Waals surface area contributed by atoms with Crippen LogP contribution in [0.25, 0.3) is 0 Å². The number of nitrogens with zero attached hydrogens (tertiary/aromatic N) is 3. The number of hydrogen-bond acceptors (Lipinski definition) is 4.